The standard InChI is InChI=1S/C6H8N2/c1-3-5-6(4-2)7-8-6/h1H,4-5H2,2H3. The van der Waals surface area contributed by atoms with Crippen LogP contribution in [0.1, 0.15) is 19.8 Å². The lowest BCUT2D eigenvalue weighted by Crippen LogP contribution is -2.05. The minimum atomic E-state index is -0.144. The van der Waals surface area contributed by atoms with Crippen molar-refractivity contribution in [3.05, 3.63) is 0 Å². The van der Waals surface area contributed by atoms with E-state index in [0.29, 0.717) is 6.42 Å². The minimum Gasteiger partial charge on any atom is -0.158 e. The van der Waals surface area contributed by atoms with Gasteiger partial charge in [0.15, 0.2) is 0 Å². The molecule has 0 saturated carbocycles. The average Bonchev–Trinajstić information content (AvgIpc) is 2.50. The zero-order chi connectivity index (χ0) is 6.04. The second-order valence-corrected chi connectivity index (χ2v) is 1.92. The molecule has 2 heteroatoms. The summed E-state index contributed by atoms with van der Waals surface area (Å²) in [4.78, 5) is 0. The summed E-state index contributed by atoms with van der Waals surface area (Å²) in [6.45, 7) is 2.04. The first-order valence-corrected chi connectivity index (χ1v) is 2.70. The fourth-order valence-electron chi connectivity index (χ4n) is 0.571. The number of hydrogen-bond acceptors (Lipinski definition) is 2. The molecule has 0 atom stereocenters. The Morgan fingerprint density at radius 3 is 2.38 bits per heavy atom. The Labute approximate surface area is 49.0 Å². The van der Waals surface area contributed by atoms with Crippen LogP contribution in [0.5, 0.6) is 0 Å². The molecule has 0 unspecified atom stereocenters. The normalized spacial score (nSPS) is 20.0. The smallest absolute Gasteiger partial charge is 0.158 e. The summed E-state index contributed by atoms with van der Waals surface area (Å²) in [6, 6.07) is 0. The highest BCUT2D eigenvalue weighted by atomic mass is 15.4. The predicted molar refractivity (Wildman–Crippen MR) is 31.3 cm³/mol. The van der Waals surface area contributed by atoms with Crippen molar-refractivity contribution in [2.24, 2.45) is 10.2 Å². The Kier molecular flexibility index (Phi) is 1.05. The molecule has 0 spiro atoms. The topological polar surface area (TPSA) is 24.7 Å². The quantitative estimate of drug-likeness (QED) is 0.480. The highest BCUT2D eigenvalue weighted by molar-refractivity contribution is 5.02. The molecule has 0 saturated heterocycles. The first-order valence-electron chi connectivity index (χ1n) is 2.70. The Morgan fingerprint density at radius 2 is 2.25 bits per heavy atom. The van der Waals surface area contributed by atoms with E-state index in [1.165, 1.54) is 0 Å². The average molecular weight is 108 g/mol. The van der Waals surface area contributed by atoms with Crippen molar-refractivity contribution in [2.75, 3.05) is 0 Å². The third-order valence-corrected chi connectivity index (χ3v) is 1.33. The molecule has 42 valence electrons. The Morgan fingerprint density at radius 1 is 1.62 bits per heavy atom. The van der Waals surface area contributed by atoms with E-state index in [-0.39, 0.29) is 5.66 Å². The van der Waals surface area contributed by atoms with Crippen LogP contribution in [0.4, 0.5) is 0 Å². The van der Waals surface area contributed by atoms with E-state index in [9.17, 15) is 0 Å². The van der Waals surface area contributed by atoms with Gasteiger partial charge in [-0.25, -0.2) is 0 Å². The van der Waals surface area contributed by atoms with Crippen molar-refractivity contribution in [1.82, 2.24) is 0 Å². The molecule has 0 aromatic rings. The lowest BCUT2D eigenvalue weighted by Gasteiger charge is -1.97. The SMILES string of the molecule is C#CCC1(CC)N=N1. The summed E-state index contributed by atoms with van der Waals surface area (Å²) in [7, 11) is 0. The fourth-order valence-corrected chi connectivity index (χ4v) is 0.571. The summed E-state index contributed by atoms with van der Waals surface area (Å²) in [5.41, 5.74) is -0.144. The van der Waals surface area contributed by atoms with E-state index < -0.39 is 0 Å². The van der Waals surface area contributed by atoms with Crippen molar-refractivity contribution < 1.29 is 0 Å². The van der Waals surface area contributed by atoms with Gasteiger partial charge in [-0.15, -0.1) is 12.3 Å². The zero-order valence-corrected chi connectivity index (χ0v) is 4.89. The van der Waals surface area contributed by atoms with E-state index in [4.69, 9.17) is 6.42 Å². The summed E-state index contributed by atoms with van der Waals surface area (Å²) >= 11 is 0. The van der Waals surface area contributed by atoms with Crippen LogP contribution in [0.25, 0.3) is 0 Å². The van der Waals surface area contributed by atoms with Gasteiger partial charge in [0.2, 0.25) is 5.66 Å². The zero-order valence-electron chi connectivity index (χ0n) is 4.89. The van der Waals surface area contributed by atoms with Crippen molar-refractivity contribution >= 4 is 0 Å². The van der Waals surface area contributed by atoms with Crippen molar-refractivity contribution in [3.63, 3.8) is 0 Å². The lowest BCUT2D eigenvalue weighted by atomic mass is 10.1. The molecule has 0 fully saturated rings. The van der Waals surface area contributed by atoms with E-state index in [1.807, 2.05) is 6.92 Å². The Balaban J connectivity index is 2.35. The lowest BCUT2D eigenvalue weighted by molar-refractivity contribution is 0.596. The molecule has 1 aliphatic rings. The van der Waals surface area contributed by atoms with Crippen LogP contribution in [0.2, 0.25) is 0 Å². The maximum absolute atomic E-state index is 5.06. The van der Waals surface area contributed by atoms with Gasteiger partial charge in [-0.1, -0.05) is 6.92 Å². The third kappa shape index (κ3) is 0.717. The van der Waals surface area contributed by atoms with Crippen LogP contribution in [0, 0.1) is 12.3 Å². The molecule has 0 aliphatic carbocycles. The maximum atomic E-state index is 5.06. The molecule has 8 heavy (non-hydrogen) atoms. The monoisotopic (exact) mass is 108 g/mol. The molecule has 0 radical (unpaired) electrons. The molecule has 0 bridgehead atoms. The van der Waals surface area contributed by atoms with Gasteiger partial charge in [0.25, 0.3) is 0 Å². The molecule has 1 heterocycles. The van der Waals surface area contributed by atoms with Crippen molar-refractivity contribution in [3.8, 4) is 12.3 Å². The molecule has 1 aliphatic heterocycles. The fraction of sp³-hybridized carbons (Fsp3) is 0.667. The van der Waals surface area contributed by atoms with Crippen LogP contribution >= 0.6 is 0 Å². The van der Waals surface area contributed by atoms with Gasteiger partial charge in [0, 0.05) is 0 Å². The van der Waals surface area contributed by atoms with E-state index in [1.54, 1.807) is 0 Å². The Bertz CT molecular complexity index is 146. The maximum Gasteiger partial charge on any atom is 0.201 e. The summed E-state index contributed by atoms with van der Waals surface area (Å²) in [6.07, 6.45) is 6.67. The van der Waals surface area contributed by atoms with Gasteiger partial charge in [-0.2, -0.15) is 10.2 Å². The third-order valence-electron chi connectivity index (χ3n) is 1.33. The van der Waals surface area contributed by atoms with Gasteiger partial charge in [-0.3, -0.25) is 0 Å². The first kappa shape index (κ1) is 5.30. The van der Waals surface area contributed by atoms with Gasteiger partial charge < -0.3 is 0 Å². The van der Waals surface area contributed by atoms with Crippen LogP contribution in [-0.2, 0) is 0 Å². The minimum absolute atomic E-state index is 0.144. The second-order valence-electron chi connectivity index (χ2n) is 1.92. The first-order chi connectivity index (χ1) is 3.83. The Hall–Kier alpha value is -0.840. The van der Waals surface area contributed by atoms with Crippen molar-refractivity contribution in [2.45, 2.75) is 25.4 Å². The van der Waals surface area contributed by atoms with Crippen LogP contribution in [-0.4, -0.2) is 5.66 Å². The number of rotatable bonds is 2. The van der Waals surface area contributed by atoms with Crippen molar-refractivity contribution in [1.29, 1.82) is 0 Å². The molecule has 0 N–H and O–H groups in total. The largest absolute Gasteiger partial charge is 0.201 e. The summed E-state index contributed by atoms with van der Waals surface area (Å²) in [5.74, 6) is 2.53. The molecule has 0 aromatic heterocycles. The molecule has 0 aromatic carbocycles. The molecule has 2 nitrogen and oxygen atoms in total. The van der Waals surface area contributed by atoms with E-state index in [2.05, 4.69) is 16.1 Å². The number of hydrogen-bond donors (Lipinski definition) is 0. The highest BCUT2D eigenvalue weighted by Gasteiger charge is 2.36. The summed E-state index contributed by atoms with van der Waals surface area (Å²) in [5, 5.41) is 7.65. The second kappa shape index (κ2) is 1.59. The summed E-state index contributed by atoms with van der Waals surface area (Å²) < 4.78 is 0. The van der Waals surface area contributed by atoms with Crippen LogP contribution in [0.3, 0.4) is 0 Å². The van der Waals surface area contributed by atoms with Gasteiger partial charge in [0.05, 0.1) is 6.42 Å². The van der Waals surface area contributed by atoms with E-state index >= 15 is 0 Å². The molecular weight excluding hydrogens is 100 g/mol. The molecule has 0 amide bonds. The van der Waals surface area contributed by atoms with Crippen LogP contribution in [0.15, 0.2) is 10.2 Å². The van der Waals surface area contributed by atoms with Gasteiger partial charge in [-0.05, 0) is 6.42 Å². The molecule has 1 rings (SSSR count). The number of terminal acetylenes is 1. The highest BCUT2D eigenvalue weighted by Crippen LogP contribution is 2.34. The molecular formula is C6H8N2. The van der Waals surface area contributed by atoms with Crippen LogP contribution < -0.4 is 0 Å². The number of nitrogens with zero attached hydrogens (tertiary/aromatic N) is 2. The van der Waals surface area contributed by atoms with Gasteiger partial charge >= 0.3 is 0 Å². The van der Waals surface area contributed by atoms with Gasteiger partial charge in [0.1, 0.15) is 0 Å². The predicted octanol–water partition coefficient (Wildman–Crippen LogP) is 1.58. The van der Waals surface area contributed by atoms with E-state index in [0.717, 1.165) is 6.42 Å².